The molecule has 20 heavy (non-hydrogen) atoms. The Morgan fingerprint density at radius 2 is 2.00 bits per heavy atom. The normalized spacial score (nSPS) is 18.4. The summed E-state index contributed by atoms with van der Waals surface area (Å²) < 4.78 is 5.83. The number of hydrogen-bond donors (Lipinski definition) is 1. The number of nitrogens with one attached hydrogen (secondary N) is 1. The van der Waals surface area contributed by atoms with E-state index < -0.39 is 0 Å². The van der Waals surface area contributed by atoms with Crippen molar-refractivity contribution in [2.75, 3.05) is 6.61 Å². The van der Waals surface area contributed by atoms with Gasteiger partial charge in [0.2, 0.25) is 0 Å². The standard InChI is InChI=1S/C15H17N2O2Se/c1-4-19-14(18)12-10(3)16-15(20)17-13(12)11-7-5-9(2)6-8-11/h5-8,13H,4H2,1-3H3,(H,16,17). The molecule has 1 aromatic carbocycles. The summed E-state index contributed by atoms with van der Waals surface area (Å²) in [6.45, 7) is 6.04. The van der Waals surface area contributed by atoms with Crippen molar-refractivity contribution >= 4 is 26.7 Å². The van der Waals surface area contributed by atoms with Crippen molar-refractivity contribution in [3.63, 3.8) is 0 Å². The number of ether oxygens (including phenoxy) is 1. The van der Waals surface area contributed by atoms with E-state index in [4.69, 9.17) is 4.74 Å². The molecule has 1 heterocycles. The van der Waals surface area contributed by atoms with E-state index in [-0.39, 0.29) is 12.0 Å². The summed E-state index contributed by atoms with van der Waals surface area (Å²) in [7, 11) is 0. The molecule has 5 heteroatoms. The van der Waals surface area contributed by atoms with E-state index in [1.165, 1.54) is 5.56 Å². The number of carbonyl (C=O) groups excluding carboxylic acids is 1. The second kappa shape index (κ2) is 6.25. The number of aryl methyl sites for hydroxylation is 1. The number of aliphatic imine (C=N–C) groups is 1. The monoisotopic (exact) mass is 337 g/mol. The summed E-state index contributed by atoms with van der Waals surface area (Å²) >= 11 is 2.86. The van der Waals surface area contributed by atoms with Crippen molar-refractivity contribution in [3.8, 4) is 0 Å². The molecule has 0 amide bonds. The van der Waals surface area contributed by atoms with Gasteiger partial charge in [-0.1, -0.05) is 0 Å². The Bertz CT molecular complexity index is 576. The van der Waals surface area contributed by atoms with Crippen LogP contribution >= 0.6 is 0 Å². The van der Waals surface area contributed by atoms with Gasteiger partial charge in [-0.25, -0.2) is 0 Å². The van der Waals surface area contributed by atoms with Crippen LogP contribution in [0.3, 0.4) is 0 Å². The predicted molar refractivity (Wildman–Crippen MR) is 79.6 cm³/mol. The van der Waals surface area contributed by atoms with Crippen molar-refractivity contribution in [2.24, 2.45) is 4.99 Å². The Labute approximate surface area is 127 Å². The van der Waals surface area contributed by atoms with Crippen LogP contribution in [0.15, 0.2) is 40.5 Å². The molecule has 1 unspecified atom stereocenters. The average Bonchev–Trinajstić information content (AvgIpc) is 2.38. The number of carbonyl (C=O) groups is 1. The summed E-state index contributed by atoms with van der Waals surface area (Å²) in [5, 5.41) is 3.05. The Balaban J connectivity index is 2.42. The summed E-state index contributed by atoms with van der Waals surface area (Å²) in [5.41, 5.74) is 3.49. The summed E-state index contributed by atoms with van der Waals surface area (Å²) in [6.07, 6.45) is 0. The third kappa shape index (κ3) is 3.11. The van der Waals surface area contributed by atoms with E-state index in [0.29, 0.717) is 16.9 Å². The third-order valence-electron chi connectivity index (χ3n) is 3.11. The maximum atomic E-state index is 12.2. The first-order valence-corrected chi connectivity index (χ1v) is 7.35. The zero-order chi connectivity index (χ0) is 14.7. The first-order valence-electron chi connectivity index (χ1n) is 6.49. The number of esters is 1. The van der Waals surface area contributed by atoms with Crippen LogP contribution in [0.25, 0.3) is 0 Å². The Kier molecular flexibility index (Phi) is 4.63. The van der Waals surface area contributed by atoms with Crippen LogP contribution in [0, 0.1) is 6.92 Å². The first-order chi connectivity index (χ1) is 9.52. The van der Waals surface area contributed by atoms with Gasteiger partial charge in [0.15, 0.2) is 0 Å². The van der Waals surface area contributed by atoms with Crippen LogP contribution in [0.4, 0.5) is 0 Å². The number of allylic oxidation sites excluding steroid dienone is 1. The Hall–Kier alpha value is -1.58. The molecule has 2 rings (SSSR count). The molecule has 0 saturated heterocycles. The van der Waals surface area contributed by atoms with Crippen molar-refractivity contribution in [3.05, 3.63) is 46.7 Å². The second-order valence-corrected chi connectivity index (χ2v) is 5.44. The zero-order valence-corrected chi connectivity index (χ0v) is 13.5. The fraction of sp³-hybridized carbons (Fsp3) is 0.333. The predicted octanol–water partition coefficient (Wildman–Crippen LogP) is 2.00. The molecule has 1 aliphatic rings. The molecule has 0 saturated carbocycles. The molecular formula is C15H17N2O2Se. The molecule has 1 N–H and O–H groups in total. The quantitative estimate of drug-likeness (QED) is 0.679. The van der Waals surface area contributed by atoms with Crippen LogP contribution in [0.5, 0.6) is 0 Å². The van der Waals surface area contributed by atoms with Gasteiger partial charge in [-0.2, -0.15) is 0 Å². The summed E-state index contributed by atoms with van der Waals surface area (Å²) in [5.74, 6) is -0.320. The molecule has 0 spiro atoms. The molecule has 0 aromatic heterocycles. The van der Waals surface area contributed by atoms with E-state index in [1.54, 1.807) is 6.92 Å². The number of nitrogens with zero attached hydrogens (tertiary/aromatic N) is 1. The summed E-state index contributed by atoms with van der Waals surface area (Å²) in [4.78, 5) is 16.7. The van der Waals surface area contributed by atoms with Crippen LogP contribution in [0.1, 0.15) is 31.0 Å². The number of benzene rings is 1. The van der Waals surface area contributed by atoms with Crippen LogP contribution in [-0.2, 0) is 9.53 Å². The van der Waals surface area contributed by atoms with E-state index in [0.717, 1.165) is 11.3 Å². The molecule has 1 aliphatic heterocycles. The molecule has 1 atom stereocenters. The van der Waals surface area contributed by atoms with Gasteiger partial charge >= 0.3 is 127 Å². The van der Waals surface area contributed by atoms with Crippen LogP contribution in [-0.4, -0.2) is 33.3 Å². The van der Waals surface area contributed by atoms with Crippen molar-refractivity contribution in [1.82, 2.24) is 5.32 Å². The Morgan fingerprint density at radius 3 is 2.60 bits per heavy atom. The van der Waals surface area contributed by atoms with E-state index >= 15 is 0 Å². The second-order valence-electron chi connectivity index (χ2n) is 4.63. The third-order valence-corrected chi connectivity index (χ3v) is 3.54. The molecule has 0 aliphatic carbocycles. The minimum atomic E-state index is -0.327. The first kappa shape index (κ1) is 14.8. The molecular weight excluding hydrogens is 319 g/mol. The molecule has 1 aromatic rings. The van der Waals surface area contributed by atoms with Gasteiger partial charge in [-0.05, 0) is 0 Å². The van der Waals surface area contributed by atoms with Crippen molar-refractivity contribution in [1.29, 1.82) is 0 Å². The summed E-state index contributed by atoms with van der Waals surface area (Å²) in [6, 6.07) is 7.70. The number of rotatable bonds is 3. The fourth-order valence-electron chi connectivity index (χ4n) is 2.11. The Morgan fingerprint density at radius 1 is 1.35 bits per heavy atom. The minimum absolute atomic E-state index is 0.320. The van der Waals surface area contributed by atoms with Gasteiger partial charge in [0.05, 0.1) is 0 Å². The van der Waals surface area contributed by atoms with Crippen molar-refractivity contribution in [2.45, 2.75) is 26.8 Å². The van der Waals surface area contributed by atoms with Gasteiger partial charge in [0.25, 0.3) is 0 Å². The van der Waals surface area contributed by atoms with Gasteiger partial charge in [-0.3, -0.25) is 0 Å². The van der Waals surface area contributed by atoms with Crippen molar-refractivity contribution < 1.29 is 9.53 Å². The molecule has 1 radical (unpaired) electrons. The van der Waals surface area contributed by atoms with Gasteiger partial charge in [-0.15, -0.1) is 0 Å². The zero-order valence-electron chi connectivity index (χ0n) is 11.8. The van der Waals surface area contributed by atoms with E-state index in [1.807, 2.05) is 38.1 Å². The number of hydrogen-bond acceptors (Lipinski definition) is 4. The van der Waals surface area contributed by atoms with E-state index in [9.17, 15) is 4.79 Å². The maximum absolute atomic E-state index is 12.2. The van der Waals surface area contributed by atoms with Gasteiger partial charge in [0, 0.05) is 0 Å². The van der Waals surface area contributed by atoms with E-state index in [2.05, 4.69) is 26.3 Å². The molecule has 105 valence electrons. The molecule has 4 nitrogen and oxygen atoms in total. The van der Waals surface area contributed by atoms with Crippen LogP contribution < -0.4 is 5.32 Å². The fourth-order valence-corrected chi connectivity index (χ4v) is 2.65. The molecule has 0 fully saturated rings. The topological polar surface area (TPSA) is 50.7 Å². The van der Waals surface area contributed by atoms with Gasteiger partial charge < -0.3 is 0 Å². The number of amidine groups is 1. The van der Waals surface area contributed by atoms with Gasteiger partial charge in [0.1, 0.15) is 0 Å². The molecule has 0 bridgehead atoms. The SMILES string of the molecule is CCOC(=O)C1=C(C)NC([Se])=NC1c1ccc(C)cc1. The van der Waals surface area contributed by atoms with Crippen LogP contribution in [0.2, 0.25) is 0 Å². The average molecular weight is 336 g/mol.